The lowest BCUT2D eigenvalue weighted by Crippen LogP contribution is -2.26. The van der Waals surface area contributed by atoms with E-state index in [0.717, 1.165) is 5.82 Å². The minimum atomic E-state index is -0.109. The standard InChI is InChI=1S/C14H17N3O3/c1-17(9-13-15-6-7-16-13)14(18)10-4-5-11(19-2)12(8-10)20-3/h4-8H,9H2,1-3H3,(H,15,16). The van der Waals surface area contributed by atoms with E-state index < -0.39 is 0 Å². The van der Waals surface area contributed by atoms with Gasteiger partial charge in [-0.2, -0.15) is 0 Å². The van der Waals surface area contributed by atoms with Gasteiger partial charge in [0.2, 0.25) is 0 Å². The van der Waals surface area contributed by atoms with E-state index in [1.165, 1.54) is 0 Å². The van der Waals surface area contributed by atoms with Crippen molar-refractivity contribution in [2.75, 3.05) is 21.3 Å². The van der Waals surface area contributed by atoms with Gasteiger partial charge in [-0.05, 0) is 18.2 Å². The lowest BCUT2D eigenvalue weighted by atomic mass is 10.1. The Bertz CT molecular complexity index is 581. The topological polar surface area (TPSA) is 67.5 Å². The molecule has 6 nitrogen and oxygen atoms in total. The number of amides is 1. The Balaban J connectivity index is 2.16. The van der Waals surface area contributed by atoms with Gasteiger partial charge in [0.15, 0.2) is 11.5 Å². The van der Waals surface area contributed by atoms with Gasteiger partial charge in [-0.1, -0.05) is 0 Å². The molecular weight excluding hydrogens is 258 g/mol. The average Bonchev–Trinajstić information content (AvgIpc) is 2.98. The fourth-order valence-corrected chi connectivity index (χ4v) is 1.87. The third kappa shape index (κ3) is 2.90. The average molecular weight is 275 g/mol. The number of carbonyl (C=O) groups excluding carboxylic acids is 1. The smallest absolute Gasteiger partial charge is 0.254 e. The second-order valence-corrected chi connectivity index (χ2v) is 4.27. The number of nitrogens with zero attached hydrogens (tertiary/aromatic N) is 2. The normalized spacial score (nSPS) is 10.2. The van der Waals surface area contributed by atoms with E-state index in [-0.39, 0.29) is 5.91 Å². The van der Waals surface area contributed by atoms with Crippen LogP contribution in [0.1, 0.15) is 16.2 Å². The van der Waals surface area contributed by atoms with E-state index in [1.54, 1.807) is 56.8 Å². The molecular formula is C14H17N3O3. The molecule has 0 spiro atoms. The number of H-pyrrole nitrogens is 1. The molecule has 2 rings (SSSR count). The fraction of sp³-hybridized carbons (Fsp3) is 0.286. The second kappa shape index (κ2) is 6.10. The van der Waals surface area contributed by atoms with Crippen molar-refractivity contribution in [3.05, 3.63) is 42.0 Å². The van der Waals surface area contributed by atoms with E-state index in [4.69, 9.17) is 9.47 Å². The summed E-state index contributed by atoms with van der Waals surface area (Å²) in [5, 5.41) is 0. The maximum Gasteiger partial charge on any atom is 0.254 e. The van der Waals surface area contributed by atoms with Crippen molar-refractivity contribution in [2.45, 2.75) is 6.54 Å². The molecule has 2 aromatic rings. The lowest BCUT2D eigenvalue weighted by Gasteiger charge is -2.17. The molecule has 1 heterocycles. The summed E-state index contributed by atoms with van der Waals surface area (Å²) < 4.78 is 10.4. The SMILES string of the molecule is COc1ccc(C(=O)N(C)Cc2ncc[nH]2)cc1OC. The van der Waals surface area contributed by atoms with Crippen LogP contribution in [0.2, 0.25) is 0 Å². The zero-order valence-electron chi connectivity index (χ0n) is 11.7. The van der Waals surface area contributed by atoms with Crippen molar-refractivity contribution in [3.63, 3.8) is 0 Å². The van der Waals surface area contributed by atoms with Crippen LogP contribution in [-0.4, -0.2) is 42.0 Å². The number of hydrogen-bond donors (Lipinski definition) is 1. The third-order valence-electron chi connectivity index (χ3n) is 2.92. The number of hydrogen-bond acceptors (Lipinski definition) is 4. The number of aromatic nitrogens is 2. The van der Waals surface area contributed by atoms with Crippen molar-refractivity contribution < 1.29 is 14.3 Å². The first-order valence-electron chi connectivity index (χ1n) is 6.11. The Morgan fingerprint density at radius 1 is 1.30 bits per heavy atom. The number of methoxy groups -OCH3 is 2. The Hall–Kier alpha value is -2.50. The van der Waals surface area contributed by atoms with Crippen molar-refractivity contribution in [2.24, 2.45) is 0 Å². The first-order chi connectivity index (χ1) is 9.65. The first-order valence-corrected chi connectivity index (χ1v) is 6.11. The zero-order valence-corrected chi connectivity index (χ0v) is 11.7. The number of nitrogens with one attached hydrogen (secondary N) is 1. The van der Waals surface area contributed by atoms with Crippen LogP contribution in [0.3, 0.4) is 0 Å². The highest BCUT2D eigenvalue weighted by atomic mass is 16.5. The molecule has 1 aromatic carbocycles. The lowest BCUT2D eigenvalue weighted by molar-refractivity contribution is 0.0781. The molecule has 0 unspecified atom stereocenters. The van der Waals surface area contributed by atoms with E-state index >= 15 is 0 Å². The third-order valence-corrected chi connectivity index (χ3v) is 2.92. The fourth-order valence-electron chi connectivity index (χ4n) is 1.87. The van der Waals surface area contributed by atoms with Gasteiger partial charge in [-0.15, -0.1) is 0 Å². The van der Waals surface area contributed by atoms with Crippen molar-refractivity contribution in [3.8, 4) is 11.5 Å². The van der Waals surface area contributed by atoms with Crippen LogP contribution in [-0.2, 0) is 6.54 Å². The largest absolute Gasteiger partial charge is 0.493 e. The minimum Gasteiger partial charge on any atom is -0.493 e. The van der Waals surface area contributed by atoms with Gasteiger partial charge < -0.3 is 19.4 Å². The molecule has 0 bridgehead atoms. The molecule has 0 fully saturated rings. The molecule has 0 saturated heterocycles. The molecule has 6 heteroatoms. The molecule has 0 radical (unpaired) electrons. The number of benzene rings is 1. The monoisotopic (exact) mass is 275 g/mol. The van der Waals surface area contributed by atoms with Crippen LogP contribution < -0.4 is 9.47 Å². The summed E-state index contributed by atoms with van der Waals surface area (Å²) >= 11 is 0. The van der Waals surface area contributed by atoms with Crippen molar-refractivity contribution in [1.29, 1.82) is 0 Å². The van der Waals surface area contributed by atoms with Gasteiger partial charge in [-0.3, -0.25) is 4.79 Å². The molecule has 1 amide bonds. The van der Waals surface area contributed by atoms with Gasteiger partial charge in [0, 0.05) is 25.0 Å². The summed E-state index contributed by atoms with van der Waals surface area (Å²) in [6.07, 6.45) is 3.38. The molecule has 0 atom stereocenters. The predicted molar refractivity (Wildman–Crippen MR) is 73.9 cm³/mol. The van der Waals surface area contributed by atoms with Gasteiger partial charge in [0.05, 0.1) is 20.8 Å². The second-order valence-electron chi connectivity index (χ2n) is 4.27. The van der Waals surface area contributed by atoms with Gasteiger partial charge in [-0.25, -0.2) is 4.98 Å². The molecule has 0 aliphatic heterocycles. The van der Waals surface area contributed by atoms with Gasteiger partial charge in [0.1, 0.15) is 5.82 Å². The number of aromatic amines is 1. The highest BCUT2D eigenvalue weighted by Gasteiger charge is 2.15. The number of rotatable bonds is 5. The minimum absolute atomic E-state index is 0.109. The van der Waals surface area contributed by atoms with Gasteiger partial charge in [0.25, 0.3) is 5.91 Å². The highest BCUT2D eigenvalue weighted by molar-refractivity contribution is 5.94. The summed E-state index contributed by atoms with van der Waals surface area (Å²) in [5.41, 5.74) is 0.539. The molecule has 0 aliphatic rings. The number of ether oxygens (including phenoxy) is 2. The van der Waals surface area contributed by atoms with E-state index in [9.17, 15) is 4.79 Å². The van der Waals surface area contributed by atoms with Crippen LogP contribution in [0.15, 0.2) is 30.6 Å². The zero-order chi connectivity index (χ0) is 14.5. The summed E-state index contributed by atoms with van der Waals surface area (Å²) in [5.74, 6) is 1.76. The molecule has 20 heavy (non-hydrogen) atoms. The maximum atomic E-state index is 12.3. The van der Waals surface area contributed by atoms with E-state index in [2.05, 4.69) is 9.97 Å². The Morgan fingerprint density at radius 2 is 2.05 bits per heavy atom. The highest BCUT2D eigenvalue weighted by Crippen LogP contribution is 2.28. The van der Waals surface area contributed by atoms with Crippen molar-refractivity contribution >= 4 is 5.91 Å². The Labute approximate surface area is 117 Å². The summed E-state index contributed by atoms with van der Waals surface area (Å²) in [7, 11) is 4.82. The van der Waals surface area contributed by atoms with Crippen molar-refractivity contribution in [1.82, 2.24) is 14.9 Å². The summed E-state index contributed by atoms with van der Waals surface area (Å²) in [4.78, 5) is 21.0. The summed E-state index contributed by atoms with van der Waals surface area (Å²) in [6, 6.07) is 5.09. The van der Waals surface area contributed by atoms with Crippen LogP contribution >= 0.6 is 0 Å². The van der Waals surface area contributed by atoms with Crippen LogP contribution in [0.4, 0.5) is 0 Å². The number of carbonyl (C=O) groups is 1. The Kier molecular flexibility index (Phi) is 4.24. The van der Waals surface area contributed by atoms with Crippen LogP contribution in [0.5, 0.6) is 11.5 Å². The summed E-state index contributed by atoms with van der Waals surface area (Å²) in [6.45, 7) is 0.417. The Morgan fingerprint density at radius 3 is 2.65 bits per heavy atom. The molecule has 106 valence electrons. The quantitative estimate of drug-likeness (QED) is 0.901. The van der Waals surface area contributed by atoms with Gasteiger partial charge >= 0.3 is 0 Å². The molecule has 0 saturated carbocycles. The van der Waals surface area contributed by atoms with Crippen LogP contribution in [0, 0.1) is 0 Å². The molecule has 1 aromatic heterocycles. The molecule has 1 N–H and O–H groups in total. The van der Waals surface area contributed by atoms with E-state index in [0.29, 0.717) is 23.6 Å². The first kappa shape index (κ1) is 13.9. The predicted octanol–water partition coefficient (Wildman–Crippen LogP) is 1.70. The molecule has 0 aliphatic carbocycles. The number of imidazole rings is 1. The maximum absolute atomic E-state index is 12.3. The van der Waals surface area contributed by atoms with Crippen LogP contribution in [0.25, 0.3) is 0 Å². The van der Waals surface area contributed by atoms with E-state index in [1.807, 2.05) is 0 Å².